The van der Waals surface area contributed by atoms with Gasteiger partial charge in [0.05, 0.1) is 6.10 Å². The molecule has 7 nitrogen and oxygen atoms in total. The summed E-state index contributed by atoms with van der Waals surface area (Å²) in [6.07, 6.45) is -1.30. The molecular weight excluding hydrogens is 304 g/mol. The molecule has 0 radical (unpaired) electrons. The van der Waals surface area contributed by atoms with Gasteiger partial charge in [0.2, 0.25) is 0 Å². The molecule has 7 heteroatoms. The second-order valence-corrected chi connectivity index (χ2v) is 5.89. The van der Waals surface area contributed by atoms with Gasteiger partial charge in [-0.25, -0.2) is 4.79 Å². The zero-order chi connectivity index (χ0) is 16.6. The Bertz CT molecular complexity index is 611. The molecule has 2 aliphatic rings. The molecule has 4 N–H and O–H groups in total. The molecule has 0 spiro atoms. The third-order valence-corrected chi connectivity index (χ3v) is 4.14. The highest BCUT2D eigenvalue weighted by Crippen LogP contribution is 2.39. The number of phenolic OH excluding ortho intramolecular Hbond substituents is 1. The van der Waals surface area contributed by atoms with Gasteiger partial charge in [-0.15, -0.1) is 0 Å². The third kappa shape index (κ3) is 3.23. The number of aliphatic hydroxyl groups excluding tert-OH is 2. The van der Waals surface area contributed by atoms with Crippen LogP contribution in [0.2, 0.25) is 0 Å². The number of hydrogen-bond acceptors (Lipinski definition) is 7. The van der Waals surface area contributed by atoms with Crippen molar-refractivity contribution in [3.05, 3.63) is 35.9 Å². The summed E-state index contributed by atoms with van der Waals surface area (Å²) in [5.74, 6) is -0.626. The topological polar surface area (TPSA) is 116 Å². The van der Waals surface area contributed by atoms with Gasteiger partial charge in [0.25, 0.3) is 0 Å². The molecule has 1 aromatic carbocycles. The number of carbonyl (C=O) groups excluding carboxylic acids is 1. The molecule has 2 bridgehead atoms. The van der Waals surface area contributed by atoms with Crippen LogP contribution in [0.4, 0.5) is 0 Å². The molecule has 1 saturated carbocycles. The molecular formula is C16H18O7. The first-order chi connectivity index (χ1) is 10.9. The number of carbonyl (C=O) groups is 1. The van der Waals surface area contributed by atoms with Gasteiger partial charge in [-0.3, -0.25) is 0 Å². The van der Waals surface area contributed by atoms with Crippen molar-refractivity contribution in [1.29, 1.82) is 0 Å². The Balaban J connectivity index is 1.62. The summed E-state index contributed by atoms with van der Waals surface area (Å²) in [5, 5.41) is 39.3. The highest BCUT2D eigenvalue weighted by atomic mass is 16.6. The molecule has 1 aliphatic carbocycles. The van der Waals surface area contributed by atoms with Crippen LogP contribution in [-0.4, -0.2) is 56.6 Å². The number of hydrogen-bond donors (Lipinski definition) is 4. The van der Waals surface area contributed by atoms with Crippen LogP contribution in [0.25, 0.3) is 6.08 Å². The van der Waals surface area contributed by atoms with Gasteiger partial charge in [-0.05, 0) is 23.8 Å². The van der Waals surface area contributed by atoms with Crippen LogP contribution in [0.5, 0.6) is 5.75 Å². The van der Waals surface area contributed by atoms with E-state index < -0.39 is 36.2 Å². The molecule has 2 fully saturated rings. The SMILES string of the molecule is O=C1OC2CC1(O)CC(OC(O)C=Cc1ccc(O)cc1)C2O. The first kappa shape index (κ1) is 15.9. The summed E-state index contributed by atoms with van der Waals surface area (Å²) in [4.78, 5) is 11.6. The Labute approximate surface area is 132 Å². The normalized spacial score (nSPS) is 34.6. The molecule has 23 heavy (non-hydrogen) atoms. The maximum Gasteiger partial charge on any atom is 0.338 e. The summed E-state index contributed by atoms with van der Waals surface area (Å²) in [5.41, 5.74) is -0.915. The van der Waals surface area contributed by atoms with E-state index in [1.54, 1.807) is 18.2 Å². The van der Waals surface area contributed by atoms with Crippen LogP contribution in [-0.2, 0) is 14.3 Å². The van der Waals surface area contributed by atoms with E-state index in [4.69, 9.17) is 9.47 Å². The molecule has 5 unspecified atom stereocenters. The van der Waals surface area contributed by atoms with Gasteiger partial charge < -0.3 is 29.9 Å². The monoisotopic (exact) mass is 322 g/mol. The first-order valence-electron chi connectivity index (χ1n) is 7.30. The fourth-order valence-corrected chi connectivity index (χ4v) is 2.89. The Hall–Kier alpha value is -1.93. The molecule has 124 valence electrons. The summed E-state index contributed by atoms with van der Waals surface area (Å²) in [6, 6.07) is 6.33. The van der Waals surface area contributed by atoms with Gasteiger partial charge in [0, 0.05) is 12.8 Å². The average Bonchev–Trinajstić information content (AvgIpc) is 2.76. The Morgan fingerprint density at radius 1 is 1.30 bits per heavy atom. The standard InChI is InChI=1S/C16H18O7/c17-10-4-1-9(2-5-10)3-6-13(18)22-11-7-16(21)8-12(14(11)19)23-15(16)20/h1-6,11-14,17-19,21H,7-8H2. The van der Waals surface area contributed by atoms with Crippen molar-refractivity contribution in [3.8, 4) is 5.75 Å². The van der Waals surface area contributed by atoms with E-state index in [1.807, 2.05) is 0 Å². The van der Waals surface area contributed by atoms with Crippen LogP contribution in [0.3, 0.4) is 0 Å². The number of aliphatic hydroxyl groups is 3. The van der Waals surface area contributed by atoms with Crippen LogP contribution >= 0.6 is 0 Å². The highest BCUT2D eigenvalue weighted by Gasteiger charge is 2.58. The van der Waals surface area contributed by atoms with Crippen molar-refractivity contribution >= 4 is 12.0 Å². The minimum atomic E-state index is -1.66. The number of fused-ring (bicyclic) bond motifs is 2. The summed E-state index contributed by atoms with van der Waals surface area (Å²) in [6.45, 7) is 0. The maximum atomic E-state index is 11.6. The van der Waals surface area contributed by atoms with E-state index in [2.05, 4.69) is 0 Å². The molecule has 5 atom stereocenters. The number of rotatable bonds is 4. The lowest BCUT2D eigenvalue weighted by Crippen LogP contribution is -2.50. The quantitative estimate of drug-likeness (QED) is 0.452. The maximum absolute atomic E-state index is 11.6. The molecule has 1 saturated heterocycles. The van der Waals surface area contributed by atoms with Gasteiger partial charge in [0.1, 0.15) is 18.0 Å². The van der Waals surface area contributed by atoms with Crippen LogP contribution in [0.1, 0.15) is 18.4 Å². The zero-order valence-electron chi connectivity index (χ0n) is 12.2. The van der Waals surface area contributed by atoms with E-state index in [9.17, 15) is 25.2 Å². The van der Waals surface area contributed by atoms with Gasteiger partial charge in [0.15, 0.2) is 11.9 Å². The minimum Gasteiger partial charge on any atom is -0.508 e. The van der Waals surface area contributed by atoms with E-state index >= 15 is 0 Å². The molecule has 1 aliphatic heterocycles. The number of esters is 1. The zero-order valence-corrected chi connectivity index (χ0v) is 12.2. The predicted molar refractivity (Wildman–Crippen MR) is 78.1 cm³/mol. The Morgan fingerprint density at radius 2 is 2.00 bits per heavy atom. The highest BCUT2D eigenvalue weighted by molar-refractivity contribution is 5.82. The number of ether oxygens (including phenoxy) is 2. The molecule has 0 amide bonds. The smallest absolute Gasteiger partial charge is 0.338 e. The average molecular weight is 322 g/mol. The number of phenols is 1. The van der Waals surface area contributed by atoms with Crippen LogP contribution in [0, 0.1) is 0 Å². The van der Waals surface area contributed by atoms with Gasteiger partial charge >= 0.3 is 5.97 Å². The second kappa shape index (κ2) is 5.93. The van der Waals surface area contributed by atoms with Crippen LogP contribution in [0.15, 0.2) is 30.3 Å². The summed E-state index contributed by atoms with van der Waals surface area (Å²) < 4.78 is 10.2. The van der Waals surface area contributed by atoms with Crippen molar-refractivity contribution in [1.82, 2.24) is 0 Å². The fourth-order valence-electron chi connectivity index (χ4n) is 2.89. The van der Waals surface area contributed by atoms with Crippen molar-refractivity contribution in [2.45, 2.75) is 43.0 Å². The molecule has 3 rings (SSSR count). The van der Waals surface area contributed by atoms with Crippen molar-refractivity contribution in [2.75, 3.05) is 0 Å². The Kier molecular flexibility index (Phi) is 4.11. The molecule has 1 heterocycles. The van der Waals surface area contributed by atoms with Gasteiger partial charge in [-0.1, -0.05) is 18.2 Å². The van der Waals surface area contributed by atoms with Crippen molar-refractivity contribution < 1.29 is 34.7 Å². The lowest BCUT2D eigenvalue weighted by Gasteiger charge is -2.34. The minimum absolute atomic E-state index is 0.0340. The third-order valence-electron chi connectivity index (χ3n) is 4.14. The van der Waals surface area contributed by atoms with Crippen molar-refractivity contribution in [2.24, 2.45) is 0 Å². The van der Waals surface area contributed by atoms with E-state index in [0.29, 0.717) is 0 Å². The summed E-state index contributed by atoms with van der Waals surface area (Å²) >= 11 is 0. The van der Waals surface area contributed by atoms with E-state index in [-0.39, 0.29) is 18.6 Å². The molecule has 0 aromatic heterocycles. The lowest BCUT2D eigenvalue weighted by molar-refractivity contribution is -0.180. The Morgan fingerprint density at radius 3 is 2.70 bits per heavy atom. The number of benzene rings is 1. The first-order valence-corrected chi connectivity index (χ1v) is 7.30. The molecule has 1 aromatic rings. The lowest BCUT2D eigenvalue weighted by atomic mass is 9.82. The second-order valence-electron chi connectivity index (χ2n) is 5.89. The predicted octanol–water partition coefficient (Wildman–Crippen LogP) is -0.0798. The van der Waals surface area contributed by atoms with Crippen molar-refractivity contribution in [3.63, 3.8) is 0 Å². The van der Waals surface area contributed by atoms with Crippen LogP contribution < -0.4 is 0 Å². The summed E-state index contributed by atoms with van der Waals surface area (Å²) in [7, 11) is 0. The largest absolute Gasteiger partial charge is 0.508 e. The van der Waals surface area contributed by atoms with E-state index in [0.717, 1.165) is 5.56 Å². The van der Waals surface area contributed by atoms with E-state index in [1.165, 1.54) is 18.2 Å². The van der Waals surface area contributed by atoms with Gasteiger partial charge in [-0.2, -0.15) is 0 Å². The fraction of sp³-hybridized carbons (Fsp3) is 0.438. The number of aromatic hydroxyl groups is 1.